The summed E-state index contributed by atoms with van der Waals surface area (Å²) in [6.45, 7) is 4.18. The minimum absolute atomic E-state index is 0.203. The van der Waals surface area contributed by atoms with Crippen molar-refractivity contribution in [3.05, 3.63) is 35.4 Å². The number of aryl methyl sites for hydroxylation is 1. The van der Waals surface area contributed by atoms with Crippen LogP contribution in [-0.2, 0) is 10.2 Å². The molecule has 1 aromatic rings. The van der Waals surface area contributed by atoms with Crippen molar-refractivity contribution >= 4 is 5.78 Å². The monoisotopic (exact) mass is 188 g/mol. The standard InChI is InChI=1S/C13H16O/c1-10-6-3-4-7-11(10)13(2)9-5-8-12(13)14/h3-4,6-7H,5,8-9H2,1-2H3. The lowest BCUT2D eigenvalue weighted by Gasteiger charge is -2.24. The largest absolute Gasteiger partial charge is 0.299 e. The van der Waals surface area contributed by atoms with Gasteiger partial charge in [-0.15, -0.1) is 0 Å². The van der Waals surface area contributed by atoms with Crippen LogP contribution < -0.4 is 0 Å². The van der Waals surface area contributed by atoms with Gasteiger partial charge in [-0.1, -0.05) is 24.3 Å². The van der Waals surface area contributed by atoms with E-state index in [1.54, 1.807) is 0 Å². The summed E-state index contributed by atoms with van der Waals surface area (Å²) in [7, 11) is 0. The van der Waals surface area contributed by atoms with Crippen LogP contribution in [-0.4, -0.2) is 5.78 Å². The van der Waals surface area contributed by atoms with E-state index < -0.39 is 0 Å². The molecule has 1 aliphatic rings. The summed E-state index contributed by atoms with van der Waals surface area (Å²) < 4.78 is 0. The Morgan fingerprint density at radius 2 is 2.00 bits per heavy atom. The van der Waals surface area contributed by atoms with Crippen LogP contribution in [0.25, 0.3) is 0 Å². The van der Waals surface area contributed by atoms with Crippen molar-refractivity contribution < 1.29 is 4.79 Å². The second kappa shape index (κ2) is 3.23. The van der Waals surface area contributed by atoms with Crippen LogP contribution in [0.1, 0.15) is 37.3 Å². The number of carbonyl (C=O) groups excluding carboxylic acids is 1. The van der Waals surface area contributed by atoms with E-state index in [0.717, 1.165) is 19.3 Å². The van der Waals surface area contributed by atoms with Crippen LogP contribution in [0.4, 0.5) is 0 Å². The third kappa shape index (κ3) is 1.28. The number of hydrogen-bond acceptors (Lipinski definition) is 1. The predicted molar refractivity (Wildman–Crippen MR) is 57.4 cm³/mol. The smallest absolute Gasteiger partial charge is 0.143 e. The fraction of sp³-hybridized carbons (Fsp3) is 0.462. The second-order valence-corrected chi connectivity index (χ2v) is 4.42. The van der Waals surface area contributed by atoms with Gasteiger partial charge >= 0.3 is 0 Å². The highest BCUT2D eigenvalue weighted by Gasteiger charge is 2.39. The van der Waals surface area contributed by atoms with Crippen molar-refractivity contribution in [2.24, 2.45) is 0 Å². The molecule has 1 saturated carbocycles. The van der Waals surface area contributed by atoms with Crippen molar-refractivity contribution in [3.63, 3.8) is 0 Å². The molecule has 14 heavy (non-hydrogen) atoms. The van der Waals surface area contributed by atoms with E-state index in [1.807, 2.05) is 12.1 Å². The molecule has 0 heterocycles. The maximum absolute atomic E-state index is 11.8. The van der Waals surface area contributed by atoms with Crippen LogP contribution >= 0.6 is 0 Å². The van der Waals surface area contributed by atoms with Crippen molar-refractivity contribution in [1.29, 1.82) is 0 Å². The highest BCUT2D eigenvalue weighted by atomic mass is 16.1. The van der Waals surface area contributed by atoms with Gasteiger partial charge in [-0.05, 0) is 37.8 Å². The van der Waals surface area contributed by atoms with Gasteiger partial charge in [-0.25, -0.2) is 0 Å². The average molecular weight is 188 g/mol. The van der Waals surface area contributed by atoms with E-state index in [4.69, 9.17) is 0 Å². The van der Waals surface area contributed by atoms with Crippen LogP contribution in [0.2, 0.25) is 0 Å². The molecule has 0 N–H and O–H groups in total. The molecule has 2 rings (SSSR count). The molecule has 1 aliphatic carbocycles. The highest BCUT2D eigenvalue weighted by molar-refractivity contribution is 5.91. The fourth-order valence-corrected chi connectivity index (χ4v) is 2.49. The molecule has 1 fully saturated rings. The summed E-state index contributed by atoms with van der Waals surface area (Å²) in [5.74, 6) is 0.409. The summed E-state index contributed by atoms with van der Waals surface area (Å²) in [5.41, 5.74) is 2.26. The van der Waals surface area contributed by atoms with Crippen LogP contribution in [0.5, 0.6) is 0 Å². The number of benzene rings is 1. The molecular formula is C13H16O. The topological polar surface area (TPSA) is 17.1 Å². The van der Waals surface area contributed by atoms with Gasteiger partial charge in [0.25, 0.3) is 0 Å². The van der Waals surface area contributed by atoms with Gasteiger partial charge in [-0.3, -0.25) is 4.79 Å². The third-order valence-electron chi connectivity index (χ3n) is 3.44. The quantitative estimate of drug-likeness (QED) is 0.662. The SMILES string of the molecule is Cc1ccccc1C1(C)CCCC1=O. The molecule has 0 radical (unpaired) electrons. The Bertz CT molecular complexity index is 367. The lowest BCUT2D eigenvalue weighted by Crippen LogP contribution is -2.27. The molecular weight excluding hydrogens is 172 g/mol. The zero-order valence-electron chi connectivity index (χ0n) is 8.84. The van der Waals surface area contributed by atoms with Crippen molar-refractivity contribution in [1.82, 2.24) is 0 Å². The number of Topliss-reactive ketones (excluding diaryl/α,β-unsaturated/α-hetero) is 1. The van der Waals surface area contributed by atoms with E-state index in [-0.39, 0.29) is 5.41 Å². The van der Waals surface area contributed by atoms with Gasteiger partial charge < -0.3 is 0 Å². The van der Waals surface area contributed by atoms with E-state index in [1.165, 1.54) is 11.1 Å². The van der Waals surface area contributed by atoms with Crippen LogP contribution in [0.15, 0.2) is 24.3 Å². The average Bonchev–Trinajstić information content (AvgIpc) is 2.49. The molecule has 1 unspecified atom stereocenters. The van der Waals surface area contributed by atoms with Crippen molar-refractivity contribution in [3.8, 4) is 0 Å². The molecule has 0 aromatic heterocycles. The molecule has 0 aliphatic heterocycles. The lowest BCUT2D eigenvalue weighted by molar-refractivity contribution is -0.121. The fourth-order valence-electron chi connectivity index (χ4n) is 2.49. The third-order valence-corrected chi connectivity index (χ3v) is 3.44. The first kappa shape index (κ1) is 9.45. The normalized spacial score (nSPS) is 26.9. The maximum atomic E-state index is 11.8. The summed E-state index contributed by atoms with van der Waals surface area (Å²) in [6, 6.07) is 8.24. The first-order valence-corrected chi connectivity index (χ1v) is 5.24. The van der Waals surface area contributed by atoms with Gasteiger partial charge in [0.2, 0.25) is 0 Å². The van der Waals surface area contributed by atoms with Crippen LogP contribution in [0.3, 0.4) is 0 Å². The first-order chi connectivity index (χ1) is 6.64. The van der Waals surface area contributed by atoms with Gasteiger partial charge in [-0.2, -0.15) is 0 Å². The molecule has 0 spiro atoms. The molecule has 0 saturated heterocycles. The van der Waals surface area contributed by atoms with Gasteiger partial charge in [0.05, 0.1) is 5.41 Å². The molecule has 1 nitrogen and oxygen atoms in total. The second-order valence-electron chi connectivity index (χ2n) is 4.42. The van der Waals surface area contributed by atoms with Gasteiger partial charge in [0.15, 0.2) is 0 Å². The van der Waals surface area contributed by atoms with Gasteiger partial charge in [0.1, 0.15) is 5.78 Å². The van der Waals surface area contributed by atoms with Crippen molar-refractivity contribution in [2.75, 3.05) is 0 Å². The minimum Gasteiger partial charge on any atom is -0.299 e. The molecule has 1 aromatic carbocycles. The lowest BCUT2D eigenvalue weighted by atomic mass is 9.78. The zero-order chi connectivity index (χ0) is 10.2. The molecule has 0 amide bonds. The Morgan fingerprint density at radius 1 is 1.29 bits per heavy atom. The summed E-state index contributed by atoms with van der Waals surface area (Å²) in [6.07, 6.45) is 2.81. The number of ketones is 1. The van der Waals surface area contributed by atoms with E-state index in [2.05, 4.69) is 26.0 Å². The van der Waals surface area contributed by atoms with Crippen LogP contribution in [0, 0.1) is 6.92 Å². The molecule has 0 bridgehead atoms. The Morgan fingerprint density at radius 3 is 2.57 bits per heavy atom. The number of hydrogen-bond donors (Lipinski definition) is 0. The Hall–Kier alpha value is -1.11. The molecule has 74 valence electrons. The minimum atomic E-state index is -0.203. The van der Waals surface area contributed by atoms with Crippen molar-refractivity contribution in [2.45, 2.75) is 38.5 Å². The summed E-state index contributed by atoms with van der Waals surface area (Å²) in [5, 5.41) is 0. The van der Waals surface area contributed by atoms with E-state index >= 15 is 0 Å². The number of rotatable bonds is 1. The summed E-state index contributed by atoms with van der Waals surface area (Å²) in [4.78, 5) is 11.8. The zero-order valence-corrected chi connectivity index (χ0v) is 8.84. The Balaban J connectivity index is 2.48. The summed E-state index contributed by atoms with van der Waals surface area (Å²) >= 11 is 0. The predicted octanol–water partition coefficient (Wildman–Crippen LogP) is 3.01. The molecule has 1 heteroatoms. The maximum Gasteiger partial charge on any atom is 0.143 e. The van der Waals surface area contributed by atoms with E-state index in [0.29, 0.717) is 5.78 Å². The van der Waals surface area contributed by atoms with Gasteiger partial charge in [0, 0.05) is 6.42 Å². The first-order valence-electron chi connectivity index (χ1n) is 5.24. The highest BCUT2D eigenvalue weighted by Crippen LogP contribution is 2.38. The molecule has 1 atom stereocenters. The Labute approximate surface area is 85.1 Å². The number of carbonyl (C=O) groups is 1. The Kier molecular flexibility index (Phi) is 2.18. The van der Waals surface area contributed by atoms with E-state index in [9.17, 15) is 4.79 Å².